The van der Waals surface area contributed by atoms with E-state index in [0.717, 1.165) is 30.5 Å². The van der Waals surface area contributed by atoms with Crippen LogP contribution in [0.25, 0.3) is 0 Å². The monoisotopic (exact) mass is 573 g/mol. The van der Waals surface area contributed by atoms with Crippen LogP contribution in [0.15, 0.2) is 63.5 Å². The fourth-order valence-corrected chi connectivity index (χ4v) is 3.97. The zero-order chi connectivity index (χ0) is 29.9. The van der Waals surface area contributed by atoms with Crippen LogP contribution in [0.2, 0.25) is 0 Å². The van der Waals surface area contributed by atoms with Gasteiger partial charge in [-0.15, -0.1) is 0 Å². The highest BCUT2D eigenvalue weighted by Gasteiger charge is 2.44. The Labute approximate surface area is 229 Å². The number of guanidine groups is 1. The maximum Gasteiger partial charge on any atom is 0.471 e. The largest absolute Gasteiger partial charge is 0.508 e. The molecule has 214 valence electrons. The lowest BCUT2D eigenvalue weighted by molar-refractivity contribution is -0.170. The average Bonchev–Trinajstić information content (AvgIpc) is 2.92. The number of aliphatic imine (C=N–C) groups is 3. The van der Waals surface area contributed by atoms with Gasteiger partial charge in [0.1, 0.15) is 11.8 Å². The van der Waals surface area contributed by atoms with Gasteiger partial charge in [0.2, 0.25) is 0 Å². The average molecular weight is 573 g/mol. The van der Waals surface area contributed by atoms with Gasteiger partial charge in [0.25, 0.3) is 11.8 Å². The van der Waals surface area contributed by atoms with Crippen molar-refractivity contribution in [2.24, 2.45) is 20.7 Å². The highest BCUT2D eigenvalue weighted by molar-refractivity contribution is 6.34. The number of amides is 3. The highest BCUT2D eigenvalue weighted by atomic mass is 19.4. The van der Waals surface area contributed by atoms with Gasteiger partial charge in [-0.05, 0) is 42.0 Å². The topological polar surface area (TPSA) is 199 Å². The normalized spacial score (nSPS) is 18.8. The van der Waals surface area contributed by atoms with E-state index in [1.54, 1.807) is 0 Å². The third-order valence-electron chi connectivity index (χ3n) is 5.98. The van der Waals surface area contributed by atoms with Crippen LogP contribution in [0.4, 0.5) is 18.9 Å². The number of halogens is 3. The van der Waals surface area contributed by atoms with Gasteiger partial charge in [-0.2, -0.15) is 13.2 Å². The van der Waals surface area contributed by atoms with E-state index in [4.69, 9.17) is 5.73 Å². The number of rotatable bonds is 8. The summed E-state index contributed by atoms with van der Waals surface area (Å²) in [7, 11) is 0. The number of anilines is 1. The zero-order valence-electron chi connectivity index (χ0n) is 20.9. The second kappa shape index (κ2) is 11.4. The Hall–Kier alpha value is -5.28. The second-order valence-corrected chi connectivity index (χ2v) is 8.93. The van der Waals surface area contributed by atoms with E-state index in [9.17, 15) is 42.6 Å². The number of phenols is 1. The number of carboxylic acid groups (broad SMARTS) is 1. The number of nitrogens with zero attached hydrogens (tertiary/aromatic N) is 4. The molecule has 16 heteroatoms. The third-order valence-corrected chi connectivity index (χ3v) is 5.98. The van der Waals surface area contributed by atoms with Crippen LogP contribution < -0.4 is 21.3 Å². The van der Waals surface area contributed by atoms with Gasteiger partial charge in [0, 0.05) is 23.9 Å². The second-order valence-electron chi connectivity index (χ2n) is 8.93. The number of hydrogen-bond acceptors (Lipinski definition) is 9. The molecule has 4 rings (SSSR count). The van der Waals surface area contributed by atoms with E-state index in [0.29, 0.717) is 10.5 Å². The molecule has 41 heavy (non-hydrogen) atoms. The van der Waals surface area contributed by atoms with Gasteiger partial charge in [0.05, 0.1) is 12.3 Å². The van der Waals surface area contributed by atoms with Gasteiger partial charge in [-0.3, -0.25) is 34.6 Å². The molecule has 6 N–H and O–H groups in total. The number of fused-ring (bicyclic) bond motifs is 1. The van der Waals surface area contributed by atoms with Gasteiger partial charge < -0.3 is 21.3 Å². The number of alkyl halides is 3. The predicted octanol–water partition coefficient (Wildman–Crippen LogP) is 0.378. The fourth-order valence-electron chi connectivity index (χ4n) is 3.97. The first-order valence-electron chi connectivity index (χ1n) is 11.9. The molecule has 0 fully saturated rings. The van der Waals surface area contributed by atoms with Crippen molar-refractivity contribution < 1.29 is 42.6 Å². The molecule has 0 aliphatic carbocycles. The highest BCUT2D eigenvalue weighted by Crippen LogP contribution is 2.25. The molecule has 2 aromatic carbocycles. The Bertz CT molecular complexity index is 1460. The molecule has 0 aromatic heterocycles. The number of carbonyl (C=O) groups excluding carboxylic acids is 3. The molecular formula is C25H22F3N7O6. The molecule has 0 bridgehead atoms. The van der Waals surface area contributed by atoms with Crippen LogP contribution in [0.3, 0.4) is 0 Å². The van der Waals surface area contributed by atoms with E-state index in [-0.39, 0.29) is 35.1 Å². The number of nitrogens with one attached hydrogen (secondary N) is 2. The van der Waals surface area contributed by atoms with Gasteiger partial charge in [-0.25, -0.2) is 9.79 Å². The van der Waals surface area contributed by atoms with E-state index in [2.05, 4.69) is 25.6 Å². The van der Waals surface area contributed by atoms with Crippen LogP contribution in [0, 0.1) is 0 Å². The van der Waals surface area contributed by atoms with Crippen molar-refractivity contribution in [3.05, 3.63) is 59.7 Å². The molecule has 2 aromatic rings. The molecule has 2 unspecified atom stereocenters. The third kappa shape index (κ3) is 6.84. The molecule has 0 saturated heterocycles. The lowest BCUT2D eigenvalue weighted by atomic mass is 10.0. The first-order chi connectivity index (χ1) is 19.3. The van der Waals surface area contributed by atoms with E-state index < -0.39 is 54.7 Å². The summed E-state index contributed by atoms with van der Waals surface area (Å²) in [5.74, 6) is -5.25. The summed E-state index contributed by atoms with van der Waals surface area (Å²) >= 11 is 0. The summed E-state index contributed by atoms with van der Waals surface area (Å²) in [6.07, 6.45) is -5.26. The van der Waals surface area contributed by atoms with Crippen LogP contribution in [-0.2, 0) is 20.8 Å². The molecule has 2 aliphatic rings. The van der Waals surface area contributed by atoms with Crippen LogP contribution in [0.1, 0.15) is 15.9 Å². The van der Waals surface area contributed by atoms with Crippen LogP contribution in [-0.4, -0.2) is 82.8 Å². The molecule has 3 amide bonds. The number of aromatic hydroxyl groups is 1. The Kier molecular flexibility index (Phi) is 8.02. The zero-order valence-corrected chi connectivity index (χ0v) is 20.9. The van der Waals surface area contributed by atoms with Gasteiger partial charge in [0.15, 0.2) is 18.2 Å². The summed E-state index contributed by atoms with van der Waals surface area (Å²) in [5.41, 5.74) is 5.55. The lowest BCUT2D eigenvalue weighted by Crippen LogP contribution is -2.53. The standard InChI is InChI=1S/C25H22F3N7O6/c26-25(27,28)23(41)35(11-14-10-30-19-18(31-14)21(38)34-24(29)33-19)15-5-3-13(4-6-15)20(37)32-17(22(39)40)9-12-1-7-16(36)8-2-12/h1-8,10,17-19,36H,9,11H2,(H,32,37)(H,39,40)(H3,29,33,34,38)/t17-,18?,19?/m0/s1. The molecule has 3 atom stereocenters. The Morgan fingerprint density at radius 2 is 1.73 bits per heavy atom. The Morgan fingerprint density at radius 3 is 2.34 bits per heavy atom. The number of carbonyl (C=O) groups is 4. The van der Waals surface area contributed by atoms with Crippen molar-refractivity contribution in [2.45, 2.75) is 30.8 Å². The van der Waals surface area contributed by atoms with Gasteiger partial charge in [-0.1, -0.05) is 12.1 Å². The lowest BCUT2D eigenvalue weighted by Gasteiger charge is -2.28. The van der Waals surface area contributed by atoms with Crippen molar-refractivity contribution in [3.8, 4) is 5.75 Å². The molecule has 0 spiro atoms. The van der Waals surface area contributed by atoms with Crippen LogP contribution in [0.5, 0.6) is 5.75 Å². The molecule has 2 heterocycles. The smallest absolute Gasteiger partial charge is 0.471 e. The SMILES string of the molecule is NC1=NC2N=CC(CN(C(=O)C(F)(F)F)c3ccc(C(=O)N[C@@H](Cc4ccc(O)cc4)C(=O)O)cc3)=NC2C(=O)N1. The Balaban J connectivity index is 1.52. The number of benzene rings is 2. The number of carboxylic acids is 1. The van der Waals surface area contributed by atoms with Crippen molar-refractivity contribution in [3.63, 3.8) is 0 Å². The van der Waals surface area contributed by atoms with Gasteiger partial charge >= 0.3 is 18.1 Å². The van der Waals surface area contributed by atoms with Crippen molar-refractivity contribution in [1.82, 2.24) is 10.6 Å². The summed E-state index contributed by atoms with van der Waals surface area (Å²) < 4.78 is 40.3. The summed E-state index contributed by atoms with van der Waals surface area (Å²) in [6.45, 7) is -0.712. The molecule has 0 radical (unpaired) electrons. The van der Waals surface area contributed by atoms with Crippen molar-refractivity contribution in [1.29, 1.82) is 0 Å². The fraction of sp³-hybridized carbons (Fsp3) is 0.240. The molecular weight excluding hydrogens is 551 g/mol. The predicted molar refractivity (Wildman–Crippen MR) is 139 cm³/mol. The summed E-state index contributed by atoms with van der Waals surface area (Å²) in [4.78, 5) is 61.2. The first kappa shape index (κ1) is 28.7. The number of phenolic OH excluding ortho intramolecular Hbond substituents is 1. The molecule has 0 saturated carbocycles. The number of aliphatic carboxylic acids is 1. The van der Waals surface area contributed by atoms with Crippen molar-refractivity contribution >= 4 is 47.3 Å². The minimum atomic E-state index is -5.27. The summed E-state index contributed by atoms with van der Waals surface area (Å²) in [6, 6.07) is 7.58. The maximum atomic E-state index is 13.4. The number of hydrogen-bond donors (Lipinski definition) is 5. The van der Waals surface area contributed by atoms with Crippen LogP contribution >= 0.6 is 0 Å². The minimum absolute atomic E-state index is 0.0198. The molecule has 2 aliphatic heterocycles. The van der Waals surface area contributed by atoms with Crippen molar-refractivity contribution in [2.75, 3.05) is 11.4 Å². The van der Waals surface area contributed by atoms with E-state index in [1.807, 2.05) is 0 Å². The maximum absolute atomic E-state index is 13.4. The molecule has 13 nitrogen and oxygen atoms in total. The first-order valence-corrected chi connectivity index (χ1v) is 11.9. The minimum Gasteiger partial charge on any atom is -0.508 e. The van der Waals surface area contributed by atoms with E-state index in [1.165, 1.54) is 24.3 Å². The summed E-state index contributed by atoms with van der Waals surface area (Å²) in [5, 5.41) is 23.5. The van der Waals surface area contributed by atoms with E-state index >= 15 is 0 Å². The quantitative estimate of drug-likeness (QED) is 0.300. The number of nitrogens with two attached hydrogens (primary N) is 1. The Morgan fingerprint density at radius 1 is 1.07 bits per heavy atom.